The van der Waals surface area contributed by atoms with Crippen molar-refractivity contribution in [2.75, 3.05) is 18.5 Å². The second-order valence-corrected chi connectivity index (χ2v) is 7.10. The van der Waals surface area contributed by atoms with Gasteiger partial charge in [0.1, 0.15) is 5.02 Å². The Kier molecular flexibility index (Phi) is 7.88. The first-order valence-corrected chi connectivity index (χ1v) is 9.35. The second-order valence-electron chi connectivity index (χ2n) is 6.70. The van der Waals surface area contributed by atoms with E-state index in [4.69, 9.17) is 16.3 Å². The lowest BCUT2D eigenvalue weighted by Crippen LogP contribution is -2.29. The second kappa shape index (κ2) is 10.4. The van der Waals surface area contributed by atoms with Crippen molar-refractivity contribution < 1.29 is 24.0 Å². The molecule has 0 fully saturated rings. The predicted molar refractivity (Wildman–Crippen MR) is 111 cm³/mol. The molecule has 0 unspecified atom stereocenters. The molecule has 0 aromatic heterocycles. The van der Waals surface area contributed by atoms with Gasteiger partial charge in [0.15, 0.2) is 6.61 Å². The summed E-state index contributed by atoms with van der Waals surface area (Å²) in [4.78, 5) is 46.7. The molecule has 0 spiro atoms. The summed E-state index contributed by atoms with van der Waals surface area (Å²) >= 11 is 5.70. The van der Waals surface area contributed by atoms with Crippen LogP contribution in [0, 0.1) is 16.0 Å². The first kappa shape index (κ1) is 22.8. The predicted octanol–water partition coefficient (Wildman–Crippen LogP) is 3.43. The van der Waals surface area contributed by atoms with Crippen molar-refractivity contribution in [3.63, 3.8) is 0 Å². The minimum Gasteiger partial charge on any atom is -0.452 e. The lowest BCUT2D eigenvalue weighted by atomic mass is 10.1. The number of anilines is 1. The fourth-order valence-corrected chi connectivity index (χ4v) is 2.55. The van der Waals surface area contributed by atoms with Crippen LogP contribution in [0.25, 0.3) is 0 Å². The third-order valence-electron chi connectivity index (χ3n) is 3.83. The molecule has 158 valence electrons. The number of hydrogen-bond donors (Lipinski definition) is 2. The number of nitro groups is 1. The van der Waals surface area contributed by atoms with Gasteiger partial charge in [-0.2, -0.15) is 0 Å². The molecule has 2 amide bonds. The number of nitrogens with zero attached hydrogens (tertiary/aromatic N) is 1. The number of carbonyl (C=O) groups excluding carboxylic acids is 3. The first-order chi connectivity index (χ1) is 14.2. The number of nitrogens with one attached hydrogen (secondary N) is 2. The zero-order valence-corrected chi connectivity index (χ0v) is 17.1. The third kappa shape index (κ3) is 6.28. The van der Waals surface area contributed by atoms with Gasteiger partial charge in [0.05, 0.1) is 21.7 Å². The first-order valence-electron chi connectivity index (χ1n) is 8.97. The maximum Gasteiger partial charge on any atom is 0.338 e. The van der Waals surface area contributed by atoms with Crippen LogP contribution in [0.3, 0.4) is 0 Å². The Labute approximate surface area is 177 Å². The van der Waals surface area contributed by atoms with E-state index >= 15 is 0 Å². The van der Waals surface area contributed by atoms with E-state index in [1.54, 1.807) is 24.3 Å². The fraction of sp³-hybridized carbons (Fsp3) is 0.250. The molecule has 2 rings (SSSR count). The molecule has 30 heavy (non-hydrogen) atoms. The quantitative estimate of drug-likeness (QED) is 0.373. The van der Waals surface area contributed by atoms with E-state index in [0.717, 1.165) is 6.07 Å². The number of amides is 2. The molecule has 0 bridgehead atoms. The van der Waals surface area contributed by atoms with Crippen LogP contribution in [-0.2, 0) is 9.53 Å². The topological polar surface area (TPSA) is 128 Å². The van der Waals surface area contributed by atoms with E-state index in [0.29, 0.717) is 6.54 Å². The molecule has 0 saturated carbocycles. The van der Waals surface area contributed by atoms with Crippen molar-refractivity contribution in [1.29, 1.82) is 0 Å². The highest BCUT2D eigenvalue weighted by Crippen LogP contribution is 2.25. The van der Waals surface area contributed by atoms with E-state index in [1.807, 2.05) is 13.8 Å². The van der Waals surface area contributed by atoms with Gasteiger partial charge in [-0.15, -0.1) is 0 Å². The lowest BCUT2D eigenvalue weighted by molar-refractivity contribution is -0.384. The zero-order valence-electron chi connectivity index (χ0n) is 16.3. The Bertz CT molecular complexity index is 977. The Balaban J connectivity index is 2.00. The Morgan fingerprint density at radius 3 is 2.53 bits per heavy atom. The van der Waals surface area contributed by atoms with Crippen LogP contribution in [0.5, 0.6) is 0 Å². The molecule has 0 heterocycles. The minimum absolute atomic E-state index is 0.118. The van der Waals surface area contributed by atoms with Gasteiger partial charge < -0.3 is 15.4 Å². The van der Waals surface area contributed by atoms with E-state index < -0.39 is 29.1 Å². The van der Waals surface area contributed by atoms with Crippen LogP contribution in [0.2, 0.25) is 5.02 Å². The van der Waals surface area contributed by atoms with Crippen molar-refractivity contribution in [1.82, 2.24) is 5.32 Å². The average Bonchev–Trinajstić information content (AvgIpc) is 2.70. The van der Waals surface area contributed by atoms with E-state index in [-0.39, 0.29) is 33.7 Å². The number of halogens is 1. The third-order valence-corrected chi connectivity index (χ3v) is 4.15. The smallest absolute Gasteiger partial charge is 0.338 e. The molecule has 0 aliphatic heterocycles. The molecule has 0 aliphatic rings. The number of ether oxygens (including phenoxy) is 1. The van der Waals surface area contributed by atoms with Crippen LogP contribution in [0.1, 0.15) is 34.6 Å². The summed E-state index contributed by atoms with van der Waals surface area (Å²) in [5.41, 5.74) is -0.0302. The number of benzene rings is 2. The normalized spacial score (nSPS) is 10.4. The number of hydrogen-bond acceptors (Lipinski definition) is 6. The van der Waals surface area contributed by atoms with E-state index in [1.165, 1.54) is 12.1 Å². The van der Waals surface area contributed by atoms with Crippen LogP contribution >= 0.6 is 11.6 Å². The molecule has 2 N–H and O–H groups in total. The molecule has 2 aromatic carbocycles. The Morgan fingerprint density at radius 2 is 1.87 bits per heavy atom. The fourth-order valence-electron chi connectivity index (χ4n) is 2.36. The summed E-state index contributed by atoms with van der Waals surface area (Å²) in [5.74, 6) is -1.67. The van der Waals surface area contributed by atoms with Crippen molar-refractivity contribution in [3.8, 4) is 0 Å². The van der Waals surface area contributed by atoms with Crippen molar-refractivity contribution in [2.45, 2.75) is 13.8 Å². The summed E-state index contributed by atoms with van der Waals surface area (Å²) in [6.07, 6.45) is 0. The van der Waals surface area contributed by atoms with Crippen LogP contribution < -0.4 is 10.6 Å². The molecule has 2 aromatic rings. The summed E-state index contributed by atoms with van der Waals surface area (Å²) in [6.45, 7) is 3.75. The van der Waals surface area contributed by atoms with Gasteiger partial charge in [-0.1, -0.05) is 37.6 Å². The number of para-hydroxylation sites is 1. The van der Waals surface area contributed by atoms with Gasteiger partial charge in [0.25, 0.3) is 17.5 Å². The standard InChI is InChI=1S/C20H20ClN3O6/c1-12(2)10-22-19(26)14-5-3-4-6-16(14)23-18(25)11-30-20(27)13-7-8-15(21)17(9-13)24(28)29/h3-9,12H,10-11H2,1-2H3,(H,22,26)(H,23,25). The molecule has 0 atom stereocenters. The van der Waals surface area contributed by atoms with Gasteiger partial charge >= 0.3 is 5.97 Å². The summed E-state index contributed by atoms with van der Waals surface area (Å²) in [6, 6.07) is 9.83. The molecule has 0 saturated heterocycles. The average molecular weight is 434 g/mol. The largest absolute Gasteiger partial charge is 0.452 e. The molecule has 9 nitrogen and oxygen atoms in total. The molecule has 0 aliphatic carbocycles. The van der Waals surface area contributed by atoms with Gasteiger partial charge in [0, 0.05) is 12.6 Å². The minimum atomic E-state index is -0.923. The van der Waals surface area contributed by atoms with Crippen molar-refractivity contribution in [3.05, 3.63) is 68.7 Å². The number of esters is 1. The highest BCUT2D eigenvalue weighted by atomic mass is 35.5. The summed E-state index contributed by atoms with van der Waals surface area (Å²) < 4.78 is 4.90. The van der Waals surface area contributed by atoms with Gasteiger partial charge in [0.2, 0.25) is 0 Å². The Morgan fingerprint density at radius 1 is 1.17 bits per heavy atom. The van der Waals surface area contributed by atoms with Crippen LogP contribution in [0.15, 0.2) is 42.5 Å². The highest BCUT2D eigenvalue weighted by Gasteiger charge is 2.19. The number of nitro benzene ring substituents is 1. The maximum atomic E-state index is 12.3. The van der Waals surface area contributed by atoms with E-state index in [9.17, 15) is 24.5 Å². The van der Waals surface area contributed by atoms with Gasteiger partial charge in [-0.3, -0.25) is 19.7 Å². The van der Waals surface area contributed by atoms with Gasteiger partial charge in [-0.05, 0) is 30.2 Å². The molecule has 10 heteroatoms. The summed E-state index contributed by atoms with van der Waals surface area (Å²) in [5, 5.41) is 16.1. The highest BCUT2D eigenvalue weighted by molar-refractivity contribution is 6.32. The zero-order chi connectivity index (χ0) is 22.3. The summed E-state index contributed by atoms with van der Waals surface area (Å²) in [7, 11) is 0. The van der Waals surface area contributed by atoms with E-state index in [2.05, 4.69) is 10.6 Å². The number of carbonyl (C=O) groups is 3. The van der Waals surface area contributed by atoms with Crippen LogP contribution in [-0.4, -0.2) is 35.9 Å². The van der Waals surface area contributed by atoms with Gasteiger partial charge in [-0.25, -0.2) is 4.79 Å². The molecular weight excluding hydrogens is 414 g/mol. The molecular formula is C20H20ClN3O6. The van der Waals surface area contributed by atoms with Crippen molar-refractivity contribution in [2.24, 2.45) is 5.92 Å². The Hall–Kier alpha value is -3.46. The maximum absolute atomic E-state index is 12.3. The number of rotatable bonds is 8. The molecule has 0 radical (unpaired) electrons. The SMILES string of the molecule is CC(C)CNC(=O)c1ccccc1NC(=O)COC(=O)c1ccc(Cl)c([N+](=O)[O-])c1. The lowest BCUT2D eigenvalue weighted by Gasteiger charge is -2.12. The van der Waals surface area contributed by atoms with Crippen molar-refractivity contribution >= 4 is 40.8 Å². The van der Waals surface area contributed by atoms with Crippen LogP contribution in [0.4, 0.5) is 11.4 Å². The monoisotopic (exact) mass is 433 g/mol.